The molecule has 0 fully saturated rings. The van der Waals surface area contributed by atoms with Gasteiger partial charge in [-0.2, -0.15) is 0 Å². The van der Waals surface area contributed by atoms with E-state index in [1.165, 1.54) is 5.56 Å². The van der Waals surface area contributed by atoms with Crippen molar-refractivity contribution in [3.8, 4) is 5.75 Å². The van der Waals surface area contributed by atoms with Crippen LogP contribution >= 0.6 is 0 Å². The molecule has 0 saturated carbocycles. The van der Waals surface area contributed by atoms with Crippen LogP contribution in [0.3, 0.4) is 0 Å². The van der Waals surface area contributed by atoms with Crippen molar-refractivity contribution < 1.29 is 5.11 Å². The highest BCUT2D eigenvalue weighted by Crippen LogP contribution is 2.27. The van der Waals surface area contributed by atoms with E-state index in [2.05, 4.69) is 16.0 Å². The molecule has 3 heteroatoms. The topological polar surface area (TPSA) is 36.4 Å². The summed E-state index contributed by atoms with van der Waals surface area (Å²) >= 11 is 0. The maximum atomic E-state index is 9.86. The summed E-state index contributed by atoms with van der Waals surface area (Å²) in [6.45, 7) is 2.70. The predicted molar refractivity (Wildman–Crippen MR) is 65.5 cm³/mol. The second-order valence-corrected chi connectivity index (χ2v) is 4.35. The molecule has 0 atom stereocenters. The van der Waals surface area contributed by atoms with E-state index in [0.29, 0.717) is 5.69 Å². The Balaban J connectivity index is 2.52. The summed E-state index contributed by atoms with van der Waals surface area (Å²) in [5.41, 5.74) is 1.90. The third kappa shape index (κ3) is 1.99. The lowest BCUT2D eigenvalue weighted by atomic mass is 10.1. The first-order valence-corrected chi connectivity index (χ1v) is 5.30. The van der Waals surface area contributed by atoms with Crippen molar-refractivity contribution in [1.29, 1.82) is 0 Å². The van der Waals surface area contributed by atoms with Gasteiger partial charge < -0.3 is 10.0 Å². The molecule has 1 heterocycles. The number of aromatic nitrogens is 1. The molecule has 0 aliphatic heterocycles. The van der Waals surface area contributed by atoms with E-state index in [9.17, 15) is 5.11 Å². The fourth-order valence-corrected chi connectivity index (χ4v) is 1.82. The van der Waals surface area contributed by atoms with Crippen LogP contribution in [-0.2, 0) is 6.54 Å². The minimum atomic E-state index is 0.286. The van der Waals surface area contributed by atoms with Gasteiger partial charge >= 0.3 is 0 Å². The molecule has 0 aliphatic carbocycles. The molecule has 1 aromatic carbocycles. The quantitative estimate of drug-likeness (QED) is 0.836. The van der Waals surface area contributed by atoms with Crippen LogP contribution in [-0.4, -0.2) is 29.1 Å². The molecule has 1 aromatic heterocycles. The lowest BCUT2D eigenvalue weighted by molar-refractivity contribution is 0.402. The van der Waals surface area contributed by atoms with Gasteiger partial charge in [-0.3, -0.25) is 4.98 Å². The number of hydrogen-bond acceptors (Lipinski definition) is 3. The molecule has 1 N–H and O–H groups in total. The summed E-state index contributed by atoms with van der Waals surface area (Å²) < 4.78 is 0. The molecule has 0 spiro atoms. The first-order valence-electron chi connectivity index (χ1n) is 5.30. The van der Waals surface area contributed by atoms with Crippen molar-refractivity contribution >= 4 is 10.8 Å². The van der Waals surface area contributed by atoms with Crippen molar-refractivity contribution in [2.45, 2.75) is 13.5 Å². The molecular formula is C13H16N2O. The van der Waals surface area contributed by atoms with Gasteiger partial charge in [0, 0.05) is 23.5 Å². The van der Waals surface area contributed by atoms with Crippen LogP contribution in [0.1, 0.15) is 11.3 Å². The Hall–Kier alpha value is -1.61. The highest BCUT2D eigenvalue weighted by atomic mass is 16.3. The van der Waals surface area contributed by atoms with Crippen molar-refractivity contribution in [2.24, 2.45) is 0 Å². The standard InChI is InChI=1S/C13H16N2O/c1-9-13(16)12-5-4-10(8-15(2)3)6-11(12)7-14-9/h4-7,16H,8H2,1-3H3. The number of rotatable bonds is 2. The van der Waals surface area contributed by atoms with E-state index in [1.54, 1.807) is 0 Å². The molecule has 0 aliphatic rings. The SMILES string of the molecule is Cc1ncc2cc(CN(C)C)ccc2c1O. The normalized spacial score (nSPS) is 11.2. The van der Waals surface area contributed by atoms with E-state index in [-0.39, 0.29) is 5.75 Å². The molecule has 16 heavy (non-hydrogen) atoms. The van der Waals surface area contributed by atoms with Gasteiger partial charge in [0.2, 0.25) is 0 Å². The maximum Gasteiger partial charge on any atom is 0.144 e. The van der Waals surface area contributed by atoms with Gasteiger partial charge in [0.15, 0.2) is 0 Å². The van der Waals surface area contributed by atoms with Gasteiger partial charge in [0.25, 0.3) is 0 Å². The van der Waals surface area contributed by atoms with Gasteiger partial charge in [-0.1, -0.05) is 12.1 Å². The number of benzene rings is 1. The van der Waals surface area contributed by atoms with E-state index in [1.807, 2.05) is 39.3 Å². The highest BCUT2D eigenvalue weighted by molar-refractivity contribution is 5.88. The van der Waals surface area contributed by atoms with Crippen molar-refractivity contribution in [1.82, 2.24) is 9.88 Å². The van der Waals surface area contributed by atoms with Crippen LogP contribution in [0.25, 0.3) is 10.8 Å². The Bertz CT molecular complexity index is 521. The second kappa shape index (κ2) is 4.10. The highest BCUT2D eigenvalue weighted by Gasteiger charge is 2.05. The Labute approximate surface area is 95.3 Å². The van der Waals surface area contributed by atoms with Crippen molar-refractivity contribution in [2.75, 3.05) is 14.1 Å². The molecule has 3 nitrogen and oxygen atoms in total. The first kappa shape index (κ1) is 10.9. The summed E-state index contributed by atoms with van der Waals surface area (Å²) in [4.78, 5) is 6.28. The lowest BCUT2D eigenvalue weighted by Gasteiger charge is -2.11. The molecule has 0 bridgehead atoms. The summed E-state index contributed by atoms with van der Waals surface area (Å²) in [6.07, 6.45) is 1.81. The smallest absolute Gasteiger partial charge is 0.144 e. The Kier molecular flexibility index (Phi) is 2.79. The van der Waals surface area contributed by atoms with Crippen LogP contribution in [0.15, 0.2) is 24.4 Å². The van der Waals surface area contributed by atoms with Crippen LogP contribution in [0.2, 0.25) is 0 Å². The van der Waals surface area contributed by atoms with E-state index < -0.39 is 0 Å². The molecule has 2 aromatic rings. The van der Waals surface area contributed by atoms with Crippen LogP contribution in [0, 0.1) is 6.92 Å². The molecular weight excluding hydrogens is 200 g/mol. The third-order valence-electron chi connectivity index (χ3n) is 2.61. The zero-order valence-corrected chi connectivity index (χ0v) is 9.86. The molecule has 0 amide bonds. The number of pyridine rings is 1. The Morgan fingerprint density at radius 3 is 2.75 bits per heavy atom. The fourth-order valence-electron chi connectivity index (χ4n) is 1.82. The summed E-state index contributed by atoms with van der Waals surface area (Å²) in [5.74, 6) is 0.286. The molecule has 0 saturated heterocycles. The van der Waals surface area contributed by atoms with Crippen molar-refractivity contribution in [3.05, 3.63) is 35.7 Å². The maximum absolute atomic E-state index is 9.86. The van der Waals surface area contributed by atoms with Crippen LogP contribution in [0.4, 0.5) is 0 Å². The van der Waals surface area contributed by atoms with Gasteiger partial charge in [-0.25, -0.2) is 0 Å². The number of nitrogens with zero attached hydrogens (tertiary/aromatic N) is 2. The fraction of sp³-hybridized carbons (Fsp3) is 0.308. The zero-order valence-electron chi connectivity index (χ0n) is 9.86. The first-order chi connectivity index (χ1) is 7.58. The Morgan fingerprint density at radius 2 is 2.06 bits per heavy atom. The molecule has 2 rings (SSSR count). The van der Waals surface area contributed by atoms with E-state index in [0.717, 1.165) is 17.3 Å². The number of aryl methyl sites for hydroxylation is 1. The zero-order chi connectivity index (χ0) is 11.7. The third-order valence-corrected chi connectivity index (χ3v) is 2.61. The number of aromatic hydroxyl groups is 1. The molecule has 84 valence electrons. The van der Waals surface area contributed by atoms with Gasteiger partial charge in [0.1, 0.15) is 5.75 Å². The van der Waals surface area contributed by atoms with Crippen molar-refractivity contribution in [3.63, 3.8) is 0 Å². The minimum absolute atomic E-state index is 0.286. The average Bonchev–Trinajstić information content (AvgIpc) is 2.23. The molecule has 0 radical (unpaired) electrons. The van der Waals surface area contributed by atoms with Gasteiger partial charge in [0.05, 0.1) is 5.69 Å². The van der Waals surface area contributed by atoms with E-state index in [4.69, 9.17) is 0 Å². The van der Waals surface area contributed by atoms with Gasteiger partial charge in [-0.15, -0.1) is 0 Å². The monoisotopic (exact) mass is 216 g/mol. The second-order valence-electron chi connectivity index (χ2n) is 4.35. The summed E-state index contributed by atoms with van der Waals surface area (Å²) in [6, 6.07) is 6.07. The largest absolute Gasteiger partial charge is 0.505 e. The molecule has 0 unspecified atom stereocenters. The summed E-state index contributed by atoms with van der Waals surface area (Å²) in [5, 5.41) is 11.7. The predicted octanol–water partition coefficient (Wildman–Crippen LogP) is 2.31. The van der Waals surface area contributed by atoms with Gasteiger partial charge in [-0.05, 0) is 32.6 Å². The number of hydrogen-bond donors (Lipinski definition) is 1. The lowest BCUT2D eigenvalue weighted by Crippen LogP contribution is -2.10. The minimum Gasteiger partial charge on any atom is -0.505 e. The van der Waals surface area contributed by atoms with E-state index >= 15 is 0 Å². The summed E-state index contributed by atoms with van der Waals surface area (Å²) in [7, 11) is 4.07. The average molecular weight is 216 g/mol. The Morgan fingerprint density at radius 1 is 1.31 bits per heavy atom. The van der Waals surface area contributed by atoms with Crippen LogP contribution in [0.5, 0.6) is 5.75 Å². The van der Waals surface area contributed by atoms with Crippen LogP contribution < -0.4 is 0 Å². The number of fused-ring (bicyclic) bond motifs is 1.